The molecular weight excluding hydrogens is 478 g/mol. The van der Waals surface area contributed by atoms with Crippen molar-refractivity contribution in [1.82, 2.24) is 10.2 Å². The molecule has 0 aromatic heterocycles. The third kappa shape index (κ3) is 6.54. The fourth-order valence-corrected chi connectivity index (χ4v) is 4.79. The standard InChI is InChI=1S/C27H33N3O5S/c1-5-17-28-27(32)20(2)29(18-21-13-15-23(35-3)16-14-21)26(31)19-30(36(4,33)34)25-12-8-10-22-9-6-7-11-24(22)25/h6-16,20H,5,17-19H2,1-4H3,(H,28,32)/t20-/m1/s1. The largest absolute Gasteiger partial charge is 0.497 e. The summed E-state index contributed by atoms with van der Waals surface area (Å²) in [6.07, 6.45) is 1.83. The second-order valence-corrected chi connectivity index (χ2v) is 10.5. The minimum Gasteiger partial charge on any atom is -0.497 e. The highest BCUT2D eigenvalue weighted by atomic mass is 32.2. The van der Waals surface area contributed by atoms with Crippen LogP contribution in [0.4, 0.5) is 5.69 Å². The number of sulfonamides is 1. The number of hydrogen-bond donors (Lipinski definition) is 1. The first-order valence-corrected chi connectivity index (χ1v) is 13.7. The second-order valence-electron chi connectivity index (χ2n) is 8.60. The molecular formula is C27H33N3O5S. The van der Waals surface area contributed by atoms with Crippen LogP contribution in [0.25, 0.3) is 10.8 Å². The van der Waals surface area contributed by atoms with E-state index in [-0.39, 0.29) is 12.5 Å². The monoisotopic (exact) mass is 511 g/mol. The van der Waals surface area contributed by atoms with Gasteiger partial charge in [0.05, 0.1) is 19.1 Å². The number of methoxy groups -OCH3 is 1. The van der Waals surface area contributed by atoms with Crippen LogP contribution in [0.2, 0.25) is 0 Å². The zero-order valence-electron chi connectivity index (χ0n) is 21.1. The molecule has 0 aliphatic rings. The van der Waals surface area contributed by atoms with Gasteiger partial charge < -0.3 is 15.0 Å². The Balaban J connectivity index is 1.97. The molecule has 0 spiro atoms. The molecule has 1 N–H and O–H groups in total. The average molecular weight is 512 g/mol. The van der Waals surface area contributed by atoms with Gasteiger partial charge in [0.15, 0.2) is 0 Å². The van der Waals surface area contributed by atoms with Gasteiger partial charge in [-0.1, -0.05) is 55.5 Å². The number of amides is 2. The number of fused-ring (bicyclic) bond motifs is 1. The normalized spacial score (nSPS) is 12.1. The lowest BCUT2D eigenvalue weighted by molar-refractivity contribution is -0.139. The molecule has 3 aromatic carbocycles. The van der Waals surface area contributed by atoms with Crippen molar-refractivity contribution in [2.45, 2.75) is 32.9 Å². The number of nitrogens with zero attached hydrogens (tertiary/aromatic N) is 2. The van der Waals surface area contributed by atoms with Gasteiger partial charge in [-0.15, -0.1) is 0 Å². The van der Waals surface area contributed by atoms with Crippen LogP contribution in [0.15, 0.2) is 66.7 Å². The third-order valence-electron chi connectivity index (χ3n) is 5.94. The molecule has 1 atom stereocenters. The molecule has 0 aliphatic heterocycles. The molecule has 3 aromatic rings. The first-order valence-electron chi connectivity index (χ1n) is 11.8. The van der Waals surface area contributed by atoms with E-state index >= 15 is 0 Å². The van der Waals surface area contributed by atoms with Crippen molar-refractivity contribution in [3.63, 3.8) is 0 Å². The number of rotatable bonds is 11. The van der Waals surface area contributed by atoms with Crippen LogP contribution < -0.4 is 14.4 Å². The molecule has 9 heteroatoms. The zero-order chi connectivity index (χ0) is 26.3. The van der Waals surface area contributed by atoms with E-state index in [4.69, 9.17) is 4.74 Å². The van der Waals surface area contributed by atoms with Crippen LogP contribution in [0, 0.1) is 0 Å². The van der Waals surface area contributed by atoms with Crippen molar-refractivity contribution in [1.29, 1.82) is 0 Å². The summed E-state index contributed by atoms with van der Waals surface area (Å²) in [7, 11) is -2.24. The summed E-state index contributed by atoms with van der Waals surface area (Å²) in [6.45, 7) is 3.78. The van der Waals surface area contributed by atoms with E-state index < -0.39 is 28.5 Å². The van der Waals surface area contributed by atoms with Crippen LogP contribution in [0.5, 0.6) is 5.75 Å². The number of benzene rings is 3. The quantitative estimate of drug-likeness (QED) is 0.425. The maximum atomic E-state index is 13.7. The van der Waals surface area contributed by atoms with E-state index in [1.165, 1.54) is 4.90 Å². The Morgan fingerprint density at radius 3 is 2.31 bits per heavy atom. The molecule has 0 heterocycles. The first kappa shape index (κ1) is 27.0. The average Bonchev–Trinajstić information content (AvgIpc) is 2.87. The highest BCUT2D eigenvalue weighted by Gasteiger charge is 2.30. The number of carbonyl (C=O) groups is 2. The molecule has 0 radical (unpaired) electrons. The Morgan fingerprint density at radius 1 is 1.00 bits per heavy atom. The van der Waals surface area contributed by atoms with Crippen LogP contribution in [-0.4, -0.2) is 57.6 Å². The molecule has 8 nitrogen and oxygen atoms in total. The Kier molecular flexibility index (Phi) is 8.93. The SMILES string of the molecule is CCCNC(=O)[C@@H](C)N(Cc1ccc(OC)cc1)C(=O)CN(c1cccc2ccccc12)S(C)(=O)=O. The Hall–Kier alpha value is -3.59. The lowest BCUT2D eigenvalue weighted by Crippen LogP contribution is -2.51. The van der Waals surface area contributed by atoms with Crippen molar-refractivity contribution in [2.75, 3.05) is 30.8 Å². The third-order valence-corrected chi connectivity index (χ3v) is 7.07. The van der Waals surface area contributed by atoms with Gasteiger partial charge in [0.1, 0.15) is 18.3 Å². The summed E-state index contributed by atoms with van der Waals surface area (Å²) in [4.78, 5) is 27.9. The maximum absolute atomic E-state index is 13.7. The summed E-state index contributed by atoms with van der Waals surface area (Å²) in [6, 6.07) is 19.1. The highest BCUT2D eigenvalue weighted by molar-refractivity contribution is 7.92. The Morgan fingerprint density at radius 2 is 1.67 bits per heavy atom. The molecule has 0 fully saturated rings. The van der Waals surface area contributed by atoms with Crippen LogP contribution in [0.3, 0.4) is 0 Å². The predicted octanol–water partition coefficient (Wildman–Crippen LogP) is 3.56. The summed E-state index contributed by atoms with van der Waals surface area (Å²) in [5.41, 5.74) is 1.20. The molecule has 0 aliphatic carbocycles. The van der Waals surface area contributed by atoms with Crippen LogP contribution in [-0.2, 0) is 26.2 Å². The van der Waals surface area contributed by atoms with Gasteiger partial charge in [0.25, 0.3) is 0 Å². The molecule has 2 amide bonds. The number of anilines is 1. The second kappa shape index (κ2) is 11.9. The number of carbonyl (C=O) groups excluding carboxylic acids is 2. The summed E-state index contributed by atoms with van der Waals surface area (Å²) < 4.78 is 32.1. The first-order chi connectivity index (χ1) is 17.2. The van der Waals surface area contributed by atoms with Gasteiger partial charge in [-0.25, -0.2) is 8.42 Å². The molecule has 0 unspecified atom stereocenters. The lowest BCUT2D eigenvalue weighted by Gasteiger charge is -2.31. The molecule has 0 saturated heterocycles. The van der Waals surface area contributed by atoms with E-state index in [1.54, 1.807) is 38.3 Å². The van der Waals surface area contributed by atoms with Gasteiger partial charge in [0.2, 0.25) is 21.8 Å². The van der Waals surface area contributed by atoms with Gasteiger partial charge in [-0.3, -0.25) is 13.9 Å². The predicted molar refractivity (Wildman–Crippen MR) is 142 cm³/mol. The van der Waals surface area contributed by atoms with Crippen molar-refractivity contribution in [3.05, 3.63) is 72.3 Å². The van der Waals surface area contributed by atoms with Gasteiger partial charge >= 0.3 is 0 Å². The number of ether oxygens (including phenoxy) is 1. The fourth-order valence-electron chi connectivity index (χ4n) is 3.93. The van der Waals surface area contributed by atoms with Crippen LogP contribution in [0.1, 0.15) is 25.8 Å². The summed E-state index contributed by atoms with van der Waals surface area (Å²) in [5, 5.41) is 4.40. The van der Waals surface area contributed by atoms with Crippen molar-refractivity contribution < 1.29 is 22.7 Å². The van der Waals surface area contributed by atoms with Gasteiger partial charge in [-0.05, 0) is 42.5 Å². The fraction of sp³-hybridized carbons (Fsp3) is 0.333. The van der Waals surface area contributed by atoms with E-state index in [0.717, 1.165) is 27.9 Å². The molecule has 36 heavy (non-hydrogen) atoms. The molecule has 192 valence electrons. The van der Waals surface area contributed by atoms with E-state index in [0.29, 0.717) is 23.4 Å². The molecule has 3 rings (SSSR count). The zero-order valence-corrected chi connectivity index (χ0v) is 21.9. The van der Waals surface area contributed by atoms with Crippen molar-refractivity contribution in [3.8, 4) is 5.75 Å². The number of hydrogen-bond acceptors (Lipinski definition) is 5. The lowest BCUT2D eigenvalue weighted by atomic mass is 10.1. The minimum atomic E-state index is -3.81. The molecule has 0 saturated carbocycles. The molecule has 0 bridgehead atoms. The smallest absolute Gasteiger partial charge is 0.244 e. The highest BCUT2D eigenvalue weighted by Crippen LogP contribution is 2.28. The number of nitrogens with one attached hydrogen (secondary N) is 1. The summed E-state index contributed by atoms with van der Waals surface area (Å²) in [5.74, 6) is -0.109. The van der Waals surface area contributed by atoms with Crippen LogP contribution >= 0.6 is 0 Å². The Bertz CT molecular complexity index is 1300. The van der Waals surface area contributed by atoms with E-state index in [9.17, 15) is 18.0 Å². The van der Waals surface area contributed by atoms with Gasteiger partial charge in [-0.2, -0.15) is 0 Å². The minimum absolute atomic E-state index is 0.136. The topological polar surface area (TPSA) is 96.0 Å². The maximum Gasteiger partial charge on any atom is 0.244 e. The Labute approximate surface area is 212 Å². The van der Waals surface area contributed by atoms with E-state index in [2.05, 4.69) is 5.32 Å². The van der Waals surface area contributed by atoms with Gasteiger partial charge in [0, 0.05) is 18.5 Å². The summed E-state index contributed by atoms with van der Waals surface area (Å²) >= 11 is 0. The van der Waals surface area contributed by atoms with Crippen molar-refractivity contribution >= 4 is 38.3 Å². The van der Waals surface area contributed by atoms with Crippen molar-refractivity contribution in [2.24, 2.45) is 0 Å². The van der Waals surface area contributed by atoms with E-state index in [1.807, 2.05) is 49.4 Å².